The maximum Gasteiger partial charge on any atom is 0.228 e. The Morgan fingerprint density at radius 3 is 2.50 bits per heavy atom. The van der Waals surface area contributed by atoms with Crippen molar-refractivity contribution in [3.8, 4) is 0 Å². The summed E-state index contributed by atoms with van der Waals surface area (Å²) < 4.78 is 5.33. The van der Waals surface area contributed by atoms with Gasteiger partial charge in [0.25, 0.3) is 0 Å². The molecular weight excluding hydrogens is 354 g/mol. The van der Waals surface area contributed by atoms with Gasteiger partial charge in [0.15, 0.2) is 0 Å². The lowest BCUT2D eigenvalue weighted by atomic mass is 10.1. The van der Waals surface area contributed by atoms with Crippen LogP contribution in [0.5, 0.6) is 0 Å². The number of likely N-dealkylation sites (tertiary alicyclic amines) is 1. The zero-order valence-electron chi connectivity index (χ0n) is 16.3. The molecule has 148 valence electrons. The number of carbonyl (C=O) groups is 2. The maximum absolute atomic E-state index is 12.9. The van der Waals surface area contributed by atoms with Crippen LogP contribution in [0.15, 0.2) is 47.1 Å². The summed E-state index contributed by atoms with van der Waals surface area (Å²) in [7, 11) is 0. The van der Waals surface area contributed by atoms with Gasteiger partial charge in [-0.15, -0.1) is 0 Å². The van der Waals surface area contributed by atoms with Gasteiger partial charge in [0.2, 0.25) is 11.8 Å². The van der Waals surface area contributed by atoms with E-state index in [0.717, 1.165) is 38.5 Å². The number of rotatable bonds is 5. The molecule has 0 N–H and O–H groups in total. The number of hydrogen-bond acceptors (Lipinski definition) is 4. The Hall–Kier alpha value is -2.60. The highest BCUT2D eigenvalue weighted by Gasteiger charge is 2.37. The topological polar surface area (TPSA) is 57.0 Å². The summed E-state index contributed by atoms with van der Waals surface area (Å²) >= 11 is 0. The van der Waals surface area contributed by atoms with Crippen LogP contribution in [0.1, 0.15) is 23.3 Å². The lowest BCUT2D eigenvalue weighted by Crippen LogP contribution is -2.50. The first-order chi connectivity index (χ1) is 13.6. The predicted octanol–water partition coefficient (Wildman–Crippen LogP) is 2.28. The van der Waals surface area contributed by atoms with Crippen molar-refractivity contribution in [3.63, 3.8) is 0 Å². The average Bonchev–Trinajstić information content (AvgIpc) is 3.34. The largest absolute Gasteiger partial charge is 0.467 e. The van der Waals surface area contributed by atoms with Gasteiger partial charge in [-0.25, -0.2) is 0 Å². The third-order valence-corrected chi connectivity index (χ3v) is 5.70. The van der Waals surface area contributed by atoms with Crippen LogP contribution in [0.2, 0.25) is 0 Å². The zero-order valence-corrected chi connectivity index (χ0v) is 16.3. The summed E-state index contributed by atoms with van der Waals surface area (Å²) in [5, 5.41) is 0. The van der Waals surface area contributed by atoms with E-state index < -0.39 is 0 Å². The van der Waals surface area contributed by atoms with E-state index in [-0.39, 0.29) is 17.7 Å². The van der Waals surface area contributed by atoms with Crippen molar-refractivity contribution >= 4 is 11.8 Å². The smallest absolute Gasteiger partial charge is 0.228 e. The van der Waals surface area contributed by atoms with Gasteiger partial charge in [-0.05, 0) is 24.6 Å². The van der Waals surface area contributed by atoms with Gasteiger partial charge in [0.05, 0.1) is 18.7 Å². The minimum atomic E-state index is -0.230. The highest BCUT2D eigenvalue weighted by atomic mass is 16.3. The van der Waals surface area contributed by atoms with Crippen molar-refractivity contribution in [1.82, 2.24) is 14.7 Å². The first kappa shape index (κ1) is 18.7. The Bertz CT molecular complexity index is 808. The van der Waals surface area contributed by atoms with Crippen LogP contribution in [0, 0.1) is 12.8 Å². The quantitative estimate of drug-likeness (QED) is 0.797. The summed E-state index contributed by atoms with van der Waals surface area (Å²) in [4.78, 5) is 31.2. The van der Waals surface area contributed by atoms with Crippen LogP contribution >= 0.6 is 0 Å². The predicted molar refractivity (Wildman–Crippen MR) is 105 cm³/mol. The zero-order chi connectivity index (χ0) is 19.5. The van der Waals surface area contributed by atoms with Crippen molar-refractivity contribution < 1.29 is 14.0 Å². The Morgan fingerprint density at radius 1 is 1.07 bits per heavy atom. The van der Waals surface area contributed by atoms with Gasteiger partial charge in [-0.3, -0.25) is 14.5 Å². The van der Waals surface area contributed by atoms with E-state index in [4.69, 9.17) is 4.42 Å². The number of nitrogens with zero attached hydrogens (tertiary/aromatic N) is 3. The van der Waals surface area contributed by atoms with Crippen LogP contribution in [0.3, 0.4) is 0 Å². The molecule has 4 rings (SSSR count). The van der Waals surface area contributed by atoms with E-state index in [9.17, 15) is 9.59 Å². The van der Waals surface area contributed by atoms with Crippen molar-refractivity contribution in [2.24, 2.45) is 5.92 Å². The van der Waals surface area contributed by atoms with Gasteiger partial charge < -0.3 is 14.2 Å². The number of amides is 2. The molecule has 0 bridgehead atoms. The van der Waals surface area contributed by atoms with Gasteiger partial charge in [0, 0.05) is 45.7 Å². The molecule has 2 saturated heterocycles. The van der Waals surface area contributed by atoms with E-state index in [0.29, 0.717) is 19.5 Å². The number of piperazine rings is 1. The molecule has 3 heterocycles. The third-order valence-electron chi connectivity index (χ3n) is 5.70. The van der Waals surface area contributed by atoms with Gasteiger partial charge in [-0.1, -0.05) is 29.8 Å². The second-order valence-corrected chi connectivity index (χ2v) is 7.84. The van der Waals surface area contributed by atoms with Crippen molar-refractivity contribution in [2.75, 3.05) is 32.7 Å². The molecule has 6 nitrogen and oxygen atoms in total. The fourth-order valence-electron chi connectivity index (χ4n) is 4.02. The molecule has 28 heavy (non-hydrogen) atoms. The molecule has 6 heteroatoms. The molecule has 0 spiro atoms. The number of hydrogen-bond donors (Lipinski definition) is 0. The van der Waals surface area contributed by atoms with Crippen molar-refractivity contribution in [3.05, 3.63) is 59.5 Å². The molecule has 0 aliphatic carbocycles. The molecule has 0 radical (unpaired) electrons. The van der Waals surface area contributed by atoms with E-state index in [1.165, 1.54) is 11.1 Å². The summed E-state index contributed by atoms with van der Waals surface area (Å²) in [6.45, 7) is 7.15. The summed E-state index contributed by atoms with van der Waals surface area (Å²) in [6, 6.07) is 12.3. The van der Waals surface area contributed by atoms with Crippen LogP contribution in [0.4, 0.5) is 0 Å². The van der Waals surface area contributed by atoms with Gasteiger partial charge in [-0.2, -0.15) is 0 Å². The number of aryl methyl sites for hydroxylation is 1. The highest BCUT2D eigenvalue weighted by Crippen LogP contribution is 2.23. The van der Waals surface area contributed by atoms with Crippen LogP contribution in [-0.4, -0.2) is 59.2 Å². The normalized spacial score (nSPS) is 20.8. The van der Waals surface area contributed by atoms with Crippen molar-refractivity contribution in [1.29, 1.82) is 0 Å². The fraction of sp³-hybridized carbons (Fsp3) is 0.455. The summed E-state index contributed by atoms with van der Waals surface area (Å²) in [5.74, 6) is 0.676. The number of carbonyl (C=O) groups excluding carboxylic acids is 2. The molecule has 2 amide bonds. The average molecular weight is 381 g/mol. The molecule has 2 aliphatic heterocycles. The fourth-order valence-corrected chi connectivity index (χ4v) is 4.02. The van der Waals surface area contributed by atoms with Crippen LogP contribution in [-0.2, 0) is 22.7 Å². The van der Waals surface area contributed by atoms with Crippen LogP contribution < -0.4 is 0 Å². The van der Waals surface area contributed by atoms with E-state index >= 15 is 0 Å². The Balaban J connectivity index is 1.27. The highest BCUT2D eigenvalue weighted by molar-refractivity contribution is 5.89. The van der Waals surface area contributed by atoms with Crippen molar-refractivity contribution in [2.45, 2.75) is 26.4 Å². The van der Waals surface area contributed by atoms with E-state index in [1.807, 2.05) is 17.0 Å². The van der Waals surface area contributed by atoms with E-state index in [1.54, 1.807) is 11.2 Å². The second-order valence-electron chi connectivity index (χ2n) is 7.84. The number of furan rings is 1. The summed E-state index contributed by atoms with van der Waals surface area (Å²) in [6.07, 6.45) is 1.91. The van der Waals surface area contributed by atoms with Gasteiger partial charge in [0.1, 0.15) is 5.76 Å². The molecule has 0 unspecified atom stereocenters. The third kappa shape index (κ3) is 4.28. The van der Waals surface area contributed by atoms with E-state index in [2.05, 4.69) is 36.1 Å². The minimum Gasteiger partial charge on any atom is -0.467 e. The molecule has 1 aromatic heterocycles. The first-order valence-corrected chi connectivity index (χ1v) is 9.95. The molecular formula is C22H27N3O3. The second kappa shape index (κ2) is 8.19. The molecule has 1 atom stereocenters. The number of benzene rings is 1. The summed E-state index contributed by atoms with van der Waals surface area (Å²) in [5.41, 5.74) is 2.58. The molecule has 2 aliphatic rings. The lowest BCUT2D eigenvalue weighted by Gasteiger charge is -2.36. The maximum atomic E-state index is 12.9. The monoisotopic (exact) mass is 381 g/mol. The standard InChI is InChI=1S/C22H27N3O3/c1-17-4-6-18(7-5-17)14-23-8-10-24(11-9-23)22(27)19-13-21(26)25(15-19)16-20-3-2-12-28-20/h2-7,12,19H,8-11,13-16H2,1H3/t19-/m1/s1. The minimum absolute atomic E-state index is 0.0350. The van der Waals surface area contributed by atoms with Gasteiger partial charge >= 0.3 is 0 Å². The van der Waals surface area contributed by atoms with Crippen LogP contribution in [0.25, 0.3) is 0 Å². The SMILES string of the molecule is Cc1ccc(CN2CCN(C(=O)[C@@H]3CC(=O)N(Cc4ccco4)C3)CC2)cc1. The molecule has 2 aromatic rings. The Morgan fingerprint density at radius 2 is 1.82 bits per heavy atom. The lowest BCUT2D eigenvalue weighted by molar-refractivity contribution is -0.137. The Labute approximate surface area is 165 Å². The molecule has 2 fully saturated rings. The molecule has 0 saturated carbocycles. The Kier molecular flexibility index (Phi) is 5.48. The first-order valence-electron chi connectivity index (χ1n) is 9.95. The molecule has 1 aromatic carbocycles.